The minimum absolute atomic E-state index is 0.0328. The van der Waals surface area contributed by atoms with Crippen LogP contribution in [0.15, 0.2) is 48.9 Å². The molecule has 0 amide bonds. The quantitative estimate of drug-likeness (QED) is 0.378. The lowest BCUT2D eigenvalue weighted by molar-refractivity contribution is 0.555. The number of rotatable bonds is 7. The molecular weight excluding hydrogens is 474 g/mol. The molecule has 0 aliphatic heterocycles. The molecule has 3 aromatic heterocycles. The van der Waals surface area contributed by atoms with E-state index in [0.717, 1.165) is 27.8 Å². The van der Waals surface area contributed by atoms with E-state index in [4.69, 9.17) is 0 Å². The number of aryl methyl sites for hydroxylation is 2. The first-order valence-electron chi connectivity index (χ1n) is 10.9. The number of halogens is 2. The van der Waals surface area contributed by atoms with Gasteiger partial charge in [-0.1, -0.05) is 13.0 Å². The number of para-hydroxylation sites is 1. The van der Waals surface area contributed by atoms with Crippen LogP contribution in [0.4, 0.5) is 8.78 Å². The first-order valence-corrected chi connectivity index (χ1v) is 12.6. The minimum Gasteiger partial charge on any atom is -0.271 e. The van der Waals surface area contributed by atoms with Crippen LogP contribution in [0.2, 0.25) is 0 Å². The Hall–Kier alpha value is -3.60. The summed E-state index contributed by atoms with van der Waals surface area (Å²) in [6.07, 6.45) is 4.77. The van der Waals surface area contributed by atoms with Gasteiger partial charge < -0.3 is 0 Å². The first kappa shape index (κ1) is 24.5. The smallest absolute Gasteiger partial charge is 0.187 e. The lowest BCUT2D eigenvalue weighted by atomic mass is 10.1. The van der Waals surface area contributed by atoms with Gasteiger partial charge in [0.15, 0.2) is 21.5 Å². The maximum Gasteiger partial charge on any atom is 0.187 e. The highest BCUT2D eigenvalue weighted by Gasteiger charge is 2.33. The fourth-order valence-corrected chi connectivity index (χ4v) is 5.20. The number of aromatic nitrogens is 6. The third kappa shape index (κ3) is 4.95. The van der Waals surface area contributed by atoms with E-state index in [9.17, 15) is 17.2 Å². The standard InChI is InChI=1S/C24H24F2N6O2S/c1-14-8-9-27-20(10-14)24-31-30-21(32(24)22-18(25)6-5-7-19(22)26)13-35(33,34)17(4)16(3)23-28-11-15(2)12-29-23/h5-12,16-17H,13H2,1-4H3/t16-,17-/m0/s1. The summed E-state index contributed by atoms with van der Waals surface area (Å²) in [4.78, 5) is 12.7. The van der Waals surface area contributed by atoms with Crippen LogP contribution in [0.25, 0.3) is 17.2 Å². The van der Waals surface area contributed by atoms with Crippen molar-refractivity contribution >= 4 is 9.84 Å². The van der Waals surface area contributed by atoms with Crippen LogP contribution in [-0.4, -0.2) is 43.4 Å². The van der Waals surface area contributed by atoms with E-state index in [0.29, 0.717) is 11.5 Å². The number of hydrogen-bond donors (Lipinski definition) is 0. The molecule has 0 saturated carbocycles. The molecule has 182 valence electrons. The van der Waals surface area contributed by atoms with Gasteiger partial charge in [0.25, 0.3) is 0 Å². The van der Waals surface area contributed by atoms with Crippen LogP contribution in [-0.2, 0) is 15.6 Å². The summed E-state index contributed by atoms with van der Waals surface area (Å²) >= 11 is 0. The summed E-state index contributed by atoms with van der Waals surface area (Å²) in [5.41, 5.74) is 1.53. The summed E-state index contributed by atoms with van der Waals surface area (Å²) in [5.74, 6) is -2.60. The summed E-state index contributed by atoms with van der Waals surface area (Å²) in [6, 6.07) is 6.84. The zero-order valence-corrected chi connectivity index (χ0v) is 20.5. The van der Waals surface area contributed by atoms with Gasteiger partial charge in [0.1, 0.15) is 34.6 Å². The molecule has 0 fully saturated rings. The van der Waals surface area contributed by atoms with Gasteiger partial charge >= 0.3 is 0 Å². The van der Waals surface area contributed by atoms with E-state index in [2.05, 4.69) is 25.1 Å². The average Bonchev–Trinajstić information content (AvgIpc) is 3.21. The highest BCUT2D eigenvalue weighted by atomic mass is 32.2. The van der Waals surface area contributed by atoms with Crippen molar-refractivity contribution in [2.24, 2.45) is 0 Å². The maximum atomic E-state index is 14.8. The van der Waals surface area contributed by atoms with E-state index < -0.39 is 44.1 Å². The third-order valence-corrected chi connectivity index (χ3v) is 8.05. The van der Waals surface area contributed by atoms with E-state index >= 15 is 0 Å². The topological polar surface area (TPSA) is 104 Å². The largest absolute Gasteiger partial charge is 0.271 e. The number of nitrogens with zero attached hydrogens (tertiary/aromatic N) is 6. The molecule has 0 saturated heterocycles. The van der Waals surface area contributed by atoms with Gasteiger partial charge in [-0.25, -0.2) is 27.2 Å². The number of sulfone groups is 1. The van der Waals surface area contributed by atoms with Crippen molar-refractivity contribution in [2.75, 3.05) is 0 Å². The molecule has 0 N–H and O–H groups in total. The Morgan fingerprint density at radius 1 is 0.943 bits per heavy atom. The Kier molecular flexibility index (Phi) is 6.70. The zero-order chi connectivity index (χ0) is 25.3. The van der Waals surface area contributed by atoms with Gasteiger partial charge in [-0.15, -0.1) is 10.2 Å². The van der Waals surface area contributed by atoms with E-state index in [1.54, 1.807) is 38.4 Å². The van der Waals surface area contributed by atoms with Crippen LogP contribution in [0, 0.1) is 25.5 Å². The molecule has 0 aliphatic rings. The lowest BCUT2D eigenvalue weighted by Crippen LogP contribution is -2.27. The summed E-state index contributed by atoms with van der Waals surface area (Å²) in [5, 5.41) is 7.19. The van der Waals surface area contributed by atoms with Crippen LogP contribution in [0.1, 0.15) is 42.5 Å². The third-order valence-electron chi connectivity index (χ3n) is 5.84. The molecule has 0 radical (unpaired) electrons. The van der Waals surface area contributed by atoms with Gasteiger partial charge in [0.05, 0.1) is 5.25 Å². The number of hydrogen-bond acceptors (Lipinski definition) is 7. The van der Waals surface area contributed by atoms with Crippen molar-refractivity contribution in [1.29, 1.82) is 0 Å². The van der Waals surface area contributed by atoms with Gasteiger partial charge in [-0.2, -0.15) is 0 Å². The molecule has 8 nitrogen and oxygen atoms in total. The lowest BCUT2D eigenvalue weighted by Gasteiger charge is -2.19. The van der Waals surface area contributed by atoms with Gasteiger partial charge in [-0.05, 0) is 56.2 Å². The van der Waals surface area contributed by atoms with Crippen LogP contribution < -0.4 is 0 Å². The van der Waals surface area contributed by atoms with Gasteiger partial charge in [-0.3, -0.25) is 9.55 Å². The SMILES string of the molecule is Cc1cnc([C@@H](C)[C@H](C)S(=O)(=O)Cc2nnc(-c3cc(C)ccn3)n2-c2c(F)cccc2F)nc1. The summed E-state index contributed by atoms with van der Waals surface area (Å²) in [7, 11) is -3.87. The van der Waals surface area contributed by atoms with Crippen LogP contribution >= 0.6 is 0 Å². The molecule has 4 rings (SSSR count). The molecule has 35 heavy (non-hydrogen) atoms. The number of benzene rings is 1. The average molecular weight is 499 g/mol. The molecule has 1 aromatic carbocycles. The van der Waals surface area contributed by atoms with Crippen molar-refractivity contribution < 1.29 is 17.2 Å². The Balaban J connectivity index is 1.79. The second kappa shape index (κ2) is 9.57. The molecule has 3 heterocycles. The summed E-state index contributed by atoms with van der Waals surface area (Å²) in [6.45, 7) is 6.94. The van der Waals surface area contributed by atoms with E-state index in [-0.39, 0.29) is 11.6 Å². The molecule has 4 aromatic rings. The molecule has 0 bridgehead atoms. The highest BCUT2D eigenvalue weighted by Crippen LogP contribution is 2.29. The van der Waals surface area contributed by atoms with E-state index in [1.807, 2.05) is 13.8 Å². The highest BCUT2D eigenvalue weighted by molar-refractivity contribution is 7.91. The molecule has 0 spiro atoms. The van der Waals surface area contributed by atoms with Crippen molar-refractivity contribution in [2.45, 2.75) is 44.6 Å². The normalized spacial score (nSPS) is 13.5. The van der Waals surface area contributed by atoms with Crippen molar-refractivity contribution in [3.05, 3.63) is 83.3 Å². The molecule has 0 aliphatic carbocycles. The van der Waals surface area contributed by atoms with E-state index in [1.165, 1.54) is 12.3 Å². The summed E-state index contributed by atoms with van der Waals surface area (Å²) < 4.78 is 57.6. The van der Waals surface area contributed by atoms with Gasteiger partial charge in [0, 0.05) is 24.5 Å². The molecule has 11 heteroatoms. The first-order chi connectivity index (χ1) is 16.6. The minimum atomic E-state index is -3.87. The predicted octanol–water partition coefficient (Wildman–Crippen LogP) is 4.12. The Morgan fingerprint density at radius 2 is 1.60 bits per heavy atom. The van der Waals surface area contributed by atoms with Crippen molar-refractivity contribution in [1.82, 2.24) is 29.7 Å². The van der Waals surface area contributed by atoms with Crippen LogP contribution in [0.3, 0.4) is 0 Å². The number of pyridine rings is 1. The van der Waals surface area contributed by atoms with Crippen molar-refractivity contribution in [3.8, 4) is 17.2 Å². The zero-order valence-electron chi connectivity index (χ0n) is 19.6. The molecule has 2 atom stereocenters. The molecular formula is C24H24F2N6O2S. The second-order valence-corrected chi connectivity index (χ2v) is 10.8. The van der Waals surface area contributed by atoms with Crippen molar-refractivity contribution in [3.63, 3.8) is 0 Å². The maximum absolute atomic E-state index is 14.8. The Morgan fingerprint density at radius 3 is 2.23 bits per heavy atom. The Labute approximate surface area is 202 Å². The Bertz CT molecular complexity index is 1450. The second-order valence-electron chi connectivity index (χ2n) is 8.48. The van der Waals surface area contributed by atoms with Crippen LogP contribution in [0.5, 0.6) is 0 Å². The molecule has 0 unspecified atom stereocenters. The van der Waals surface area contributed by atoms with Gasteiger partial charge in [0.2, 0.25) is 0 Å². The predicted molar refractivity (Wildman–Crippen MR) is 127 cm³/mol. The fraction of sp³-hybridized carbons (Fsp3) is 0.292. The fourth-order valence-electron chi connectivity index (χ4n) is 3.64. The monoisotopic (exact) mass is 498 g/mol.